The third-order valence-electron chi connectivity index (χ3n) is 3.04. The lowest BCUT2D eigenvalue weighted by Crippen LogP contribution is -2.71. The van der Waals surface area contributed by atoms with Crippen LogP contribution in [0.1, 0.15) is 13.8 Å². The number of fused-ring (bicyclic) bond motifs is 2. The molecule has 0 saturated carbocycles. The van der Waals surface area contributed by atoms with E-state index >= 15 is 0 Å². The second-order valence-corrected chi connectivity index (χ2v) is 4.16. The Morgan fingerprint density at radius 1 is 1.21 bits per heavy atom. The van der Waals surface area contributed by atoms with Gasteiger partial charge in [-0.3, -0.25) is 0 Å². The highest BCUT2D eigenvalue weighted by Crippen LogP contribution is 2.50. The Bertz CT molecular complexity index is 240. The summed E-state index contributed by atoms with van der Waals surface area (Å²) in [7, 11) is 0. The number of hydrogen-bond donors (Lipinski definition) is 2. The average Bonchev–Trinajstić information content (AvgIpc) is 2.48. The number of ether oxygens (including phenoxy) is 2. The molecule has 2 aliphatic heterocycles. The molecule has 2 aliphatic rings. The summed E-state index contributed by atoms with van der Waals surface area (Å²) in [4.78, 5) is 0. The van der Waals surface area contributed by atoms with E-state index in [4.69, 9.17) is 9.47 Å². The van der Waals surface area contributed by atoms with E-state index < -0.39 is 29.5 Å². The van der Waals surface area contributed by atoms with Crippen LogP contribution < -0.4 is 0 Å². The molecule has 4 nitrogen and oxygen atoms in total. The van der Waals surface area contributed by atoms with Gasteiger partial charge in [0.25, 0.3) is 0 Å². The van der Waals surface area contributed by atoms with Crippen molar-refractivity contribution in [3.8, 4) is 0 Å². The van der Waals surface area contributed by atoms with Gasteiger partial charge >= 0.3 is 5.92 Å². The number of hydrogen-bond acceptors (Lipinski definition) is 4. The molecule has 0 aromatic carbocycles. The normalized spacial score (nSPS) is 56.1. The molecule has 82 valence electrons. The maximum atomic E-state index is 13.6. The highest BCUT2D eigenvalue weighted by molar-refractivity contribution is 5.13. The van der Waals surface area contributed by atoms with Gasteiger partial charge in [0.2, 0.25) is 0 Å². The molecule has 14 heavy (non-hydrogen) atoms. The summed E-state index contributed by atoms with van der Waals surface area (Å²) in [5.74, 6) is -3.66. The first-order chi connectivity index (χ1) is 6.21. The molecule has 2 N–H and O–H groups in total. The van der Waals surface area contributed by atoms with Crippen molar-refractivity contribution < 1.29 is 28.5 Å². The zero-order valence-electron chi connectivity index (χ0n) is 7.83. The van der Waals surface area contributed by atoms with Crippen LogP contribution in [0.25, 0.3) is 0 Å². The molecule has 0 amide bonds. The fourth-order valence-corrected chi connectivity index (χ4v) is 1.85. The van der Waals surface area contributed by atoms with Crippen LogP contribution >= 0.6 is 0 Å². The van der Waals surface area contributed by atoms with Crippen LogP contribution in [0.15, 0.2) is 0 Å². The number of alkyl halides is 2. The smallest absolute Gasteiger partial charge is 0.311 e. The van der Waals surface area contributed by atoms with Crippen LogP contribution in [0, 0.1) is 0 Å². The molecule has 0 aromatic rings. The maximum absolute atomic E-state index is 13.6. The summed E-state index contributed by atoms with van der Waals surface area (Å²) >= 11 is 0. The van der Waals surface area contributed by atoms with E-state index in [0.717, 1.165) is 13.8 Å². The molecule has 2 fully saturated rings. The van der Waals surface area contributed by atoms with Gasteiger partial charge in [-0.05, 0) is 13.8 Å². The summed E-state index contributed by atoms with van der Waals surface area (Å²) in [6.07, 6.45) is -2.47. The van der Waals surface area contributed by atoms with Crippen molar-refractivity contribution in [1.29, 1.82) is 0 Å². The Hall–Kier alpha value is -0.300. The second kappa shape index (κ2) is 2.44. The fraction of sp³-hybridized carbons (Fsp3) is 1.00. The zero-order valence-corrected chi connectivity index (χ0v) is 7.83. The molecular formula is C8H12F2O4. The van der Waals surface area contributed by atoms with Gasteiger partial charge in [0.05, 0.1) is 6.61 Å². The molecule has 2 heterocycles. The molecule has 0 radical (unpaired) electrons. The van der Waals surface area contributed by atoms with Crippen LogP contribution in [0.4, 0.5) is 8.78 Å². The second-order valence-electron chi connectivity index (χ2n) is 4.16. The minimum Gasteiger partial charge on any atom is -0.381 e. The molecule has 0 aromatic heterocycles. The molecule has 2 bridgehead atoms. The molecule has 2 saturated heterocycles. The number of halogens is 2. The Morgan fingerprint density at radius 3 is 2.36 bits per heavy atom. The van der Waals surface area contributed by atoms with Gasteiger partial charge in [-0.25, -0.2) is 0 Å². The van der Waals surface area contributed by atoms with Crippen molar-refractivity contribution in [1.82, 2.24) is 0 Å². The highest BCUT2D eigenvalue weighted by Gasteiger charge is 2.74. The SMILES string of the molecule is C[C@]1(O)[C@@H]2OC[C@@H](O2)[C@@](C)(O)C1(F)F. The first kappa shape index (κ1) is 10.2. The number of rotatable bonds is 0. The van der Waals surface area contributed by atoms with Crippen molar-refractivity contribution >= 4 is 0 Å². The van der Waals surface area contributed by atoms with Gasteiger partial charge in [0, 0.05) is 0 Å². The van der Waals surface area contributed by atoms with Gasteiger partial charge in [0.1, 0.15) is 6.10 Å². The standard InChI is InChI=1S/C8H12F2O4/c1-6(11)4-3-13-5(14-4)7(2,12)8(6,9)10/h4-5,11-12H,3H2,1-2H3/t4-,5-,6-,7+/m1/s1. The Labute approximate surface area is 79.4 Å². The molecule has 0 spiro atoms. The summed E-state index contributed by atoms with van der Waals surface area (Å²) in [6.45, 7) is 1.70. The molecule has 0 unspecified atom stereocenters. The van der Waals surface area contributed by atoms with Crippen molar-refractivity contribution in [3.63, 3.8) is 0 Å². The maximum Gasteiger partial charge on any atom is 0.311 e. The minimum atomic E-state index is -3.66. The quantitative estimate of drug-likeness (QED) is 0.585. The lowest BCUT2D eigenvalue weighted by atomic mass is 9.79. The topological polar surface area (TPSA) is 58.9 Å². The highest BCUT2D eigenvalue weighted by atomic mass is 19.3. The van der Waals surface area contributed by atoms with E-state index in [1.165, 1.54) is 0 Å². The predicted molar refractivity (Wildman–Crippen MR) is 40.8 cm³/mol. The van der Waals surface area contributed by atoms with Crippen LogP contribution in [0.5, 0.6) is 0 Å². The third kappa shape index (κ3) is 0.894. The van der Waals surface area contributed by atoms with E-state index in [2.05, 4.69) is 0 Å². The van der Waals surface area contributed by atoms with Crippen LogP contribution in [-0.4, -0.2) is 46.3 Å². The van der Waals surface area contributed by atoms with Crippen LogP contribution in [-0.2, 0) is 9.47 Å². The van der Waals surface area contributed by atoms with Gasteiger partial charge in [0.15, 0.2) is 17.5 Å². The number of aliphatic hydroxyl groups is 2. The minimum absolute atomic E-state index is 0.136. The van der Waals surface area contributed by atoms with Gasteiger partial charge < -0.3 is 19.7 Å². The Kier molecular flexibility index (Phi) is 1.78. The molecule has 6 heteroatoms. The van der Waals surface area contributed by atoms with Gasteiger partial charge in [-0.15, -0.1) is 0 Å². The summed E-state index contributed by atoms with van der Waals surface area (Å²) < 4.78 is 37.1. The van der Waals surface area contributed by atoms with Crippen molar-refractivity contribution in [2.45, 2.75) is 43.4 Å². The van der Waals surface area contributed by atoms with E-state index in [9.17, 15) is 19.0 Å². The van der Waals surface area contributed by atoms with Gasteiger partial charge in [-0.1, -0.05) is 0 Å². The summed E-state index contributed by atoms with van der Waals surface area (Å²) in [6, 6.07) is 0. The zero-order chi connectivity index (χ0) is 10.8. The summed E-state index contributed by atoms with van der Waals surface area (Å²) in [5.41, 5.74) is -4.92. The predicted octanol–water partition coefficient (Wildman–Crippen LogP) is -0.121. The third-order valence-corrected chi connectivity index (χ3v) is 3.04. The fourth-order valence-electron chi connectivity index (χ4n) is 1.85. The van der Waals surface area contributed by atoms with Crippen molar-refractivity contribution in [2.24, 2.45) is 0 Å². The monoisotopic (exact) mass is 210 g/mol. The molecule has 2 rings (SSSR count). The Morgan fingerprint density at radius 2 is 1.79 bits per heavy atom. The Balaban J connectivity index is 2.48. The van der Waals surface area contributed by atoms with E-state index in [1.54, 1.807) is 0 Å². The van der Waals surface area contributed by atoms with Crippen molar-refractivity contribution in [3.05, 3.63) is 0 Å². The molecule has 0 aliphatic carbocycles. The van der Waals surface area contributed by atoms with E-state index in [1.807, 2.05) is 0 Å². The first-order valence-corrected chi connectivity index (χ1v) is 4.31. The van der Waals surface area contributed by atoms with Gasteiger partial charge in [-0.2, -0.15) is 8.78 Å². The lowest BCUT2D eigenvalue weighted by molar-refractivity contribution is -0.364. The van der Waals surface area contributed by atoms with E-state index in [-0.39, 0.29) is 6.61 Å². The first-order valence-electron chi connectivity index (χ1n) is 4.31. The largest absolute Gasteiger partial charge is 0.381 e. The van der Waals surface area contributed by atoms with Crippen LogP contribution in [0.2, 0.25) is 0 Å². The summed E-state index contributed by atoms with van der Waals surface area (Å²) in [5, 5.41) is 19.2. The molecular weight excluding hydrogens is 198 g/mol. The van der Waals surface area contributed by atoms with Crippen molar-refractivity contribution in [2.75, 3.05) is 6.61 Å². The molecule has 4 atom stereocenters. The average molecular weight is 210 g/mol. The van der Waals surface area contributed by atoms with E-state index in [0.29, 0.717) is 0 Å². The van der Waals surface area contributed by atoms with Crippen LogP contribution in [0.3, 0.4) is 0 Å². The lowest BCUT2D eigenvalue weighted by Gasteiger charge is -2.48.